The zero-order valence-corrected chi connectivity index (χ0v) is 18.7. The van der Waals surface area contributed by atoms with E-state index in [0.29, 0.717) is 50.9 Å². The highest BCUT2D eigenvalue weighted by atomic mass is 16.7. The Kier molecular flexibility index (Phi) is 4.89. The summed E-state index contributed by atoms with van der Waals surface area (Å²) in [6, 6.07) is 18.5. The summed E-state index contributed by atoms with van der Waals surface area (Å²) in [6.07, 6.45) is 0. The second-order valence-electron chi connectivity index (χ2n) is 8.07. The molecule has 0 atom stereocenters. The van der Waals surface area contributed by atoms with Crippen molar-refractivity contribution in [3.8, 4) is 40.2 Å². The van der Waals surface area contributed by atoms with E-state index in [2.05, 4.69) is 6.07 Å². The van der Waals surface area contributed by atoms with Gasteiger partial charge in [0.2, 0.25) is 6.79 Å². The van der Waals surface area contributed by atoms with E-state index in [4.69, 9.17) is 33.9 Å². The third kappa shape index (κ3) is 3.54. The summed E-state index contributed by atoms with van der Waals surface area (Å²) in [5, 5.41) is 9.72. The standard InChI is InChI=1S/C27H18N2O6/c1-31-22-9-18-19(10-24(22)32-12-16-4-2-15(11-28)3-5-16)29-20-13-33-27(30)26(20)25(18)17-6-7-21-23(8-17)35-14-34-21/h2-10H,12-14H2,1H3. The summed E-state index contributed by atoms with van der Waals surface area (Å²) >= 11 is 0. The fourth-order valence-corrected chi connectivity index (χ4v) is 4.31. The topological polar surface area (TPSA) is 99.9 Å². The van der Waals surface area contributed by atoms with E-state index in [-0.39, 0.29) is 20.0 Å². The Hall–Kier alpha value is -4.77. The van der Waals surface area contributed by atoms with E-state index in [1.165, 1.54) is 0 Å². The summed E-state index contributed by atoms with van der Waals surface area (Å²) in [4.78, 5) is 17.4. The van der Waals surface area contributed by atoms with Gasteiger partial charge in [0.15, 0.2) is 23.0 Å². The van der Waals surface area contributed by atoms with Crippen LogP contribution < -0.4 is 18.9 Å². The van der Waals surface area contributed by atoms with Gasteiger partial charge < -0.3 is 23.7 Å². The van der Waals surface area contributed by atoms with Gasteiger partial charge in [0, 0.05) is 17.0 Å². The number of esters is 1. The molecule has 6 rings (SSSR count). The second kappa shape index (κ2) is 8.22. The van der Waals surface area contributed by atoms with Crippen LogP contribution in [-0.2, 0) is 18.0 Å². The molecule has 8 nitrogen and oxygen atoms in total. The Morgan fingerprint density at radius 3 is 2.60 bits per heavy atom. The lowest BCUT2D eigenvalue weighted by Crippen LogP contribution is -2.02. The zero-order valence-electron chi connectivity index (χ0n) is 18.7. The molecule has 0 saturated carbocycles. The predicted molar refractivity (Wildman–Crippen MR) is 124 cm³/mol. The molecule has 3 heterocycles. The molecule has 0 amide bonds. The number of hydrogen-bond acceptors (Lipinski definition) is 8. The van der Waals surface area contributed by atoms with Crippen LogP contribution in [0, 0.1) is 11.3 Å². The molecular formula is C27H18N2O6. The van der Waals surface area contributed by atoms with E-state index < -0.39 is 5.97 Å². The molecule has 0 saturated heterocycles. The number of nitriles is 1. The van der Waals surface area contributed by atoms with E-state index >= 15 is 0 Å². The van der Waals surface area contributed by atoms with Gasteiger partial charge in [0.05, 0.1) is 35.5 Å². The molecule has 0 fully saturated rings. The molecule has 2 aliphatic rings. The second-order valence-corrected chi connectivity index (χ2v) is 8.07. The Balaban J connectivity index is 1.46. The molecule has 0 bridgehead atoms. The van der Waals surface area contributed by atoms with Crippen LogP contribution in [0.3, 0.4) is 0 Å². The number of benzene rings is 3. The fourth-order valence-electron chi connectivity index (χ4n) is 4.31. The van der Waals surface area contributed by atoms with Crippen molar-refractivity contribution in [2.75, 3.05) is 13.9 Å². The van der Waals surface area contributed by atoms with Crippen molar-refractivity contribution in [2.24, 2.45) is 0 Å². The highest BCUT2D eigenvalue weighted by Crippen LogP contribution is 2.44. The molecule has 35 heavy (non-hydrogen) atoms. The number of aromatic nitrogens is 1. The summed E-state index contributed by atoms with van der Waals surface area (Å²) in [5.74, 6) is 1.87. The quantitative estimate of drug-likeness (QED) is 0.388. The predicted octanol–water partition coefficient (Wildman–Crippen LogP) is 4.76. The van der Waals surface area contributed by atoms with Gasteiger partial charge in [-0.05, 0) is 41.5 Å². The molecule has 4 aromatic rings. The molecular weight excluding hydrogens is 448 g/mol. The number of carbonyl (C=O) groups excluding carboxylic acids is 1. The normalized spacial score (nSPS) is 13.3. The number of cyclic esters (lactones) is 1. The van der Waals surface area contributed by atoms with Gasteiger partial charge >= 0.3 is 5.97 Å². The Morgan fingerprint density at radius 2 is 1.80 bits per heavy atom. The van der Waals surface area contributed by atoms with Crippen LogP contribution in [0.4, 0.5) is 0 Å². The van der Waals surface area contributed by atoms with E-state index in [0.717, 1.165) is 16.5 Å². The number of carbonyl (C=O) groups is 1. The maximum Gasteiger partial charge on any atom is 0.341 e. The minimum Gasteiger partial charge on any atom is -0.493 e. The molecule has 3 aromatic carbocycles. The van der Waals surface area contributed by atoms with Crippen molar-refractivity contribution >= 4 is 16.9 Å². The number of fused-ring (bicyclic) bond motifs is 3. The molecule has 0 spiro atoms. The molecule has 0 aliphatic carbocycles. The van der Waals surface area contributed by atoms with Gasteiger partial charge in [-0.15, -0.1) is 0 Å². The molecule has 0 radical (unpaired) electrons. The summed E-state index contributed by atoms with van der Waals surface area (Å²) in [5.41, 5.74) is 4.62. The summed E-state index contributed by atoms with van der Waals surface area (Å²) < 4.78 is 28.0. The Morgan fingerprint density at radius 1 is 0.971 bits per heavy atom. The Bertz CT molecular complexity index is 1540. The first kappa shape index (κ1) is 20.8. The molecule has 0 N–H and O–H groups in total. The SMILES string of the molecule is COc1cc2c(-c3ccc4c(c3)OCO4)c3c(nc2cc1OCc1ccc(C#N)cc1)COC3=O. The minimum absolute atomic E-state index is 0.106. The smallest absolute Gasteiger partial charge is 0.341 e. The van der Waals surface area contributed by atoms with Crippen molar-refractivity contribution in [1.29, 1.82) is 5.26 Å². The van der Waals surface area contributed by atoms with Gasteiger partial charge in [-0.1, -0.05) is 18.2 Å². The van der Waals surface area contributed by atoms with Crippen LogP contribution in [-0.4, -0.2) is 24.9 Å². The monoisotopic (exact) mass is 466 g/mol. The third-order valence-corrected chi connectivity index (χ3v) is 6.03. The van der Waals surface area contributed by atoms with Gasteiger partial charge in [-0.3, -0.25) is 0 Å². The lowest BCUT2D eigenvalue weighted by molar-refractivity contribution is 0.0534. The van der Waals surface area contributed by atoms with Gasteiger partial charge in [0.25, 0.3) is 0 Å². The third-order valence-electron chi connectivity index (χ3n) is 6.03. The summed E-state index contributed by atoms with van der Waals surface area (Å²) in [7, 11) is 1.56. The van der Waals surface area contributed by atoms with E-state index in [1.54, 1.807) is 25.3 Å². The average Bonchev–Trinajstić information content (AvgIpc) is 3.51. The first-order valence-electron chi connectivity index (χ1n) is 10.9. The zero-order chi connectivity index (χ0) is 23.9. The highest BCUT2D eigenvalue weighted by Gasteiger charge is 2.30. The first-order chi connectivity index (χ1) is 17.1. The molecule has 8 heteroatoms. The van der Waals surface area contributed by atoms with Crippen LogP contribution in [0.1, 0.15) is 27.2 Å². The van der Waals surface area contributed by atoms with Crippen LogP contribution in [0.15, 0.2) is 54.6 Å². The lowest BCUT2D eigenvalue weighted by Gasteiger charge is -2.15. The molecule has 2 aliphatic heterocycles. The Labute approximate surface area is 200 Å². The molecule has 0 unspecified atom stereocenters. The first-order valence-corrected chi connectivity index (χ1v) is 10.9. The lowest BCUT2D eigenvalue weighted by atomic mass is 9.94. The number of rotatable bonds is 5. The van der Waals surface area contributed by atoms with Crippen LogP contribution in [0.5, 0.6) is 23.0 Å². The minimum atomic E-state index is -0.415. The van der Waals surface area contributed by atoms with Gasteiger partial charge in [0.1, 0.15) is 13.2 Å². The largest absolute Gasteiger partial charge is 0.493 e. The number of methoxy groups -OCH3 is 1. The van der Waals surface area contributed by atoms with Gasteiger partial charge in [-0.2, -0.15) is 5.26 Å². The highest BCUT2D eigenvalue weighted by molar-refractivity contribution is 6.09. The van der Waals surface area contributed by atoms with Gasteiger partial charge in [-0.25, -0.2) is 9.78 Å². The molecule has 1 aromatic heterocycles. The number of hydrogen-bond donors (Lipinski definition) is 0. The number of nitrogens with zero attached hydrogens (tertiary/aromatic N) is 2. The maximum absolute atomic E-state index is 12.7. The van der Waals surface area contributed by atoms with Crippen molar-refractivity contribution in [3.63, 3.8) is 0 Å². The van der Waals surface area contributed by atoms with Crippen molar-refractivity contribution in [2.45, 2.75) is 13.2 Å². The fraction of sp³-hybridized carbons (Fsp3) is 0.148. The number of pyridine rings is 1. The van der Waals surface area contributed by atoms with Crippen LogP contribution in [0.2, 0.25) is 0 Å². The van der Waals surface area contributed by atoms with Crippen molar-refractivity contribution < 1.29 is 28.5 Å². The van der Waals surface area contributed by atoms with Crippen LogP contribution in [0.25, 0.3) is 22.0 Å². The maximum atomic E-state index is 12.7. The van der Waals surface area contributed by atoms with Crippen molar-refractivity contribution in [3.05, 3.63) is 77.0 Å². The van der Waals surface area contributed by atoms with E-state index in [1.807, 2.05) is 36.4 Å². The summed E-state index contributed by atoms with van der Waals surface area (Å²) in [6.45, 7) is 0.550. The average molecular weight is 466 g/mol. The van der Waals surface area contributed by atoms with E-state index in [9.17, 15) is 4.79 Å². The molecule has 172 valence electrons. The van der Waals surface area contributed by atoms with Crippen molar-refractivity contribution in [1.82, 2.24) is 4.98 Å². The van der Waals surface area contributed by atoms with Crippen LogP contribution >= 0.6 is 0 Å². The number of ether oxygens (including phenoxy) is 5.